The minimum absolute atomic E-state index is 0.527. The minimum atomic E-state index is 0.527. The molecule has 0 aromatic carbocycles. The lowest BCUT2D eigenvalue weighted by atomic mass is 9.88. The molecule has 3 nitrogen and oxygen atoms in total. The van der Waals surface area contributed by atoms with Crippen LogP contribution < -0.4 is 0 Å². The van der Waals surface area contributed by atoms with Crippen molar-refractivity contribution in [2.24, 2.45) is 5.92 Å². The Morgan fingerprint density at radius 2 is 1.21 bits per heavy atom. The Bertz CT molecular complexity index is 2320. The Kier molecular flexibility index (Phi) is 16.8. The summed E-state index contributed by atoms with van der Waals surface area (Å²) in [5.41, 5.74) is 17.8. The molecule has 0 unspecified atom stereocenters. The van der Waals surface area contributed by atoms with Gasteiger partial charge in [0, 0.05) is 36.9 Å². The predicted octanol–water partition coefficient (Wildman–Crippen LogP) is 14.3. The first-order valence-electron chi connectivity index (χ1n) is 20.3. The quantitative estimate of drug-likeness (QED) is 0.168. The Hall–Kier alpha value is -6.19. The SMILES string of the molecule is C=C/C=C(\C=C/C)/C1=C(C)\C=C/C(CCC(C)C)=C(\c2ccncc2)C(=C)\C=C/C(C)=C(c2ccncc2)/C(C)=C/C=C(C)/C(C(/C=C\C)=C/C=C)=C2/C=CC1=[N+]2C. The van der Waals surface area contributed by atoms with Gasteiger partial charge in [-0.05, 0) is 151 Å². The Balaban J connectivity index is 2.26. The molecule has 0 atom stereocenters. The van der Waals surface area contributed by atoms with Gasteiger partial charge in [-0.25, -0.2) is 0 Å². The Morgan fingerprint density at radius 3 is 1.76 bits per heavy atom. The van der Waals surface area contributed by atoms with Crippen LogP contribution >= 0.6 is 0 Å². The van der Waals surface area contributed by atoms with Crippen molar-refractivity contribution in [3.8, 4) is 0 Å². The average Bonchev–Trinajstić information content (AvgIpc) is 3.57. The number of pyridine rings is 2. The average molecular weight is 765 g/mol. The second-order valence-electron chi connectivity index (χ2n) is 15.1. The molecule has 2 aromatic heterocycles. The monoisotopic (exact) mass is 764 g/mol. The van der Waals surface area contributed by atoms with Crippen molar-refractivity contribution < 1.29 is 4.58 Å². The Morgan fingerprint density at radius 1 is 0.672 bits per heavy atom. The van der Waals surface area contributed by atoms with Crippen LogP contribution in [0.4, 0.5) is 0 Å². The third kappa shape index (κ3) is 11.2. The predicted molar refractivity (Wildman–Crippen MR) is 253 cm³/mol. The van der Waals surface area contributed by atoms with Gasteiger partial charge in [0.2, 0.25) is 11.4 Å². The molecule has 2 bridgehead atoms. The summed E-state index contributed by atoms with van der Waals surface area (Å²) < 4.78 is 2.32. The third-order valence-corrected chi connectivity index (χ3v) is 10.3. The van der Waals surface area contributed by atoms with Crippen molar-refractivity contribution >= 4 is 16.9 Å². The highest BCUT2D eigenvalue weighted by molar-refractivity contribution is 6.11. The summed E-state index contributed by atoms with van der Waals surface area (Å²) in [6.07, 6.45) is 43.7. The summed E-state index contributed by atoms with van der Waals surface area (Å²) in [6, 6.07) is 8.34. The van der Waals surface area contributed by atoms with Crippen LogP contribution in [-0.4, -0.2) is 27.3 Å². The van der Waals surface area contributed by atoms with E-state index in [4.69, 9.17) is 6.58 Å². The molecule has 0 saturated heterocycles. The number of likely N-dealkylation sites (N-methyl/N-ethyl adjacent to an activating group) is 1. The van der Waals surface area contributed by atoms with Crippen LogP contribution in [0.1, 0.15) is 79.4 Å². The zero-order valence-electron chi connectivity index (χ0n) is 36.3. The normalized spacial score (nSPS) is 24.8. The number of aromatic nitrogens is 2. The molecular weight excluding hydrogens is 703 g/mol. The highest BCUT2D eigenvalue weighted by Gasteiger charge is 2.29. The first-order chi connectivity index (χ1) is 28.0. The van der Waals surface area contributed by atoms with Gasteiger partial charge in [0.25, 0.3) is 0 Å². The molecular formula is C55H62N3+. The number of allylic oxidation sites excluding steroid dienone is 28. The van der Waals surface area contributed by atoms with E-state index >= 15 is 0 Å². The van der Waals surface area contributed by atoms with E-state index in [1.54, 1.807) is 0 Å². The van der Waals surface area contributed by atoms with Crippen molar-refractivity contribution in [3.63, 3.8) is 0 Å². The molecule has 2 aromatic rings. The van der Waals surface area contributed by atoms with E-state index < -0.39 is 0 Å². The summed E-state index contributed by atoms with van der Waals surface area (Å²) in [4.78, 5) is 8.72. The number of fused-ring (bicyclic) bond motifs is 1. The molecule has 0 radical (unpaired) electrons. The second-order valence-corrected chi connectivity index (χ2v) is 15.1. The Labute approximate surface area is 349 Å². The molecule has 3 heteroatoms. The molecule has 0 fully saturated rings. The van der Waals surface area contributed by atoms with Gasteiger partial charge in [-0.1, -0.05) is 119 Å². The molecule has 296 valence electrons. The first-order valence-corrected chi connectivity index (χ1v) is 20.3. The van der Waals surface area contributed by atoms with E-state index in [0.717, 1.165) is 96.7 Å². The van der Waals surface area contributed by atoms with Crippen LogP contribution in [0, 0.1) is 5.92 Å². The van der Waals surface area contributed by atoms with Gasteiger partial charge in [0.05, 0.1) is 11.1 Å². The van der Waals surface area contributed by atoms with E-state index in [2.05, 4.69) is 199 Å². The van der Waals surface area contributed by atoms with Gasteiger partial charge in [-0.3, -0.25) is 9.97 Å². The fourth-order valence-electron chi connectivity index (χ4n) is 7.46. The summed E-state index contributed by atoms with van der Waals surface area (Å²) >= 11 is 0. The number of hydrogen-bond donors (Lipinski definition) is 0. The maximum Gasteiger partial charge on any atom is 0.213 e. The van der Waals surface area contributed by atoms with Gasteiger partial charge in [-0.15, -0.1) is 0 Å². The molecule has 4 heterocycles. The third-order valence-electron chi connectivity index (χ3n) is 10.3. The summed E-state index contributed by atoms with van der Waals surface area (Å²) in [6.45, 7) is 30.4. The molecule has 58 heavy (non-hydrogen) atoms. The largest absolute Gasteiger partial charge is 0.265 e. The van der Waals surface area contributed by atoms with Crippen LogP contribution in [0.2, 0.25) is 0 Å². The fourth-order valence-corrected chi connectivity index (χ4v) is 7.46. The summed E-state index contributed by atoms with van der Waals surface area (Å²) in [5.74, 6) is 0.527. The first kappa shape index (κ1) is 44.5. The maximum atomic E-state index is 4.72. The number of hydrogen-bond acceptors (Lipinski definition) is 2. The highest BCUT2D eigenvalue weighted by atomic mass is 15.0. The molecule has 0 spiro atoms. The van der Waals surface area contributed by atoms with E-state index in [-0.39, 0.29) is 0 Å². The number of nitrogens with zero attached hydrogens (tertiary/aromatic N) is 3. The van der Waals surface area contributed by atoms with E-state index in [0.29, 0.717) is 5.92 Å². The van der Waals surface area contributed by atoms with Crippen LogP contribution in [0.3, 0.4) is 0 Å². The lowest BCUT2D eigenvalue weighted by Crippen LogP contribution is -2.16. The maximum absolute atomic E-state index is 4.72. The summed E-state index contributed by atoms with van der Waals surface area (Å²) in [5, 5.41) is 0. The van der Waals surface area contributed by atoms with Crippen LogP contribution in [0.15, 0.2) is 227 Å². The molecule has 0 amide bonds. The van der Waals surface area contributed by atoms with E-state index in [1.165, 1.54) is 5.57 Å². The topological polar surface area (TPSA) is 28.8 Å². The van der Waals surface area contributed by atoms with Crippen molar-refractivity contribution in [1.29, 1.82) is 0 Å². The van der Waals surface area contributed by atoms with Gasteiger partial charge < -0.3 is 0 Å². The smallest absolute Gasteiger partial charge is 0.213 e. The zero-order chi connectivity index (χ0) is 42.2. The molecule has 0 N–H and O–H groups in total. The molecule has 2 aliphatic heterocycles. The van der Waals surface area contributed by atoms with Crippen LogP contribution in [-0.2, 0) is 0 Å². The number of rotatable bonds is 11. The fraction of sp³-hybridized carbons (Fsp3) is 0.218. The van der Waals surface area contributed by atoms with Crippen LogP contribution in [0.25, 0.3) is 11.1 Å². The van der Waals surface area contributed by atoms with Crippen molar-refractivity contribution in [2.75, 3.05) is 7.05 Å². The molecule has 0 saturated carbocycles. The highest BCUT2D eigenvalue weighted by Crippen LogP contribution is 2.35. The zero-order valence-corrected chi connectivity index (χ0v) is 36.3. The van der Waals surface area contributed by atoms with Gasteiger partial charge >= 0.3 is 0 Å². The molecule has 0 aliphatic carbocycles. The standard InChI is InChI=1S/C55H62N3/c1-13-17-45(18-14-2)54-43(10)25-23-41(8)52(48-31-35-56-36-32-48)40(7)22-24-42(9)53(49-33-37-57-38-34-49)47(27-21-39(5)6)28-26-44(11)55(46(19-15-3)20-16-4)51-30-29-50(54)58(51)12/h13-20,22-26,28-39H,1,3,9,21,27H2,2,4-8,10-12H3/q+1/b18-14-,20-16-,24-22-,28-26-,41-23+,43-25+,45-17+,46-19+,52-40-,53-47-,54-50+,55-44+. The van der Waals surface area contributed by atoms with Crippen molar-refractivity contribution in [3.05, 3.63) is 239 Å². The van der Waals surface area contributed by atoms with Crippen LogP contribution in [0.5, 0.6) is 0 Å². The van der Waals surface area contributed by atoms with E-state index in [9.17, 15) is 0 Å². The second kappa shape index (κ2) is 21.9. The van der Waals surface area contributed by atoms with Crippen molar-refractivity contribution in [1.82, 2.24) is 9.97 Å². The van der Waals surface area contributed by atoms with E-state index in [1.807, 2.05) is 36.9 Å². The van der Waals surface area contributed by atoms with Gasteiger partial charge in [0.1, 0.15) is 7.05 Å². The summed E-state index contributed by atoms with van der Waals surface area (Å²) in [7, 11) is 2.17. The lowest BCUT2D eigenvalue weighted by Gasteiger charge is -2.16. The van der Waals surface area contributed by atoms with Gasteiger partial charge in [0.15, 0.2) is 0 Å². The molecule has 2 aliphatic rings. The lowest BCUT2D eigenvalue weighted by molar-refractivity contribution is -0.434. The van der Waals surface area contributed by atoms with Gasteiger partial charge in [-0.2, -0.15) is 4.58 Å². The minimum Gasteiger partial charge on any atom is -0.265 e. The molecule has 4 rings (SSSR count). The van der Waals surface area contributed by atoms with Crippen molar-refractivity contribution in [2.45, 2.75) is 68.2 Å².